The highest BCUT2D eigenvalue weighted by atomic mass is 16.5. The number of nitrogens with zero attached hydrogens (tertiary/aromatic N) is 1. The maximum absolute atomic E-state index is 11.6. The number of nitrogens with two attached hydrogens (primary N) is 1. The van der Waals surface area contributed by atoms with Crippen molar-refractivity contribution < 1.29 is 4.74 Å². The van der Waals surface area contributed by atoms with E-state index in [4.69, 9.17) is 10.5 Å². The molecule has 1 aromatic heterocycles. The van der Waals surface area contributed by atoms with E-state index in [1.54, 1.807) is 16.8 Å². The van der Waals surface area contributed by atoms with Gasteiger partial charge in [-0.15, -0.1) is 0 Å². The number of benzene rings is 1. The van der Waals surface area contributed by atoms with Crippen molar-refractivity contribution in [3.63, 3.8) is 0 Å². The Kier molecular flexibility index (Phi) is 3.90. The summed E-state index contributed by atoms with van der Waals surface area (Å²) in [6, 6.07) is 9.02. The number of hydrogen-bond acceptors (Lipinski definition) is 3. The van der Waals surface area contributed by atoms with Gasteiger partial charge in [0.1, 0.15) is 12.4 Å². The van der Waals surface area contributed by atoms with Crippen molar-refractivity contribution in [1.82, 2.24) is 4.57 Å². The van der Waals surface area contributed by atoms with Gasteiger partial charge in [-0.05, 0) is 43.2 Å². The lowest BCUT2D eigenvalue weighted by atomic mass is 10.1. The van der Waals surface area contributed by atoms with Crippen LogP contribution < -0.4 is 16.0 Å². The molecule has 0 saturated carbocycles. The number of ether oxygens (including phenoxy) is 1. The zero-order valence-electron chi connectivity index (χ0n) is 11.2. The van der Waals surface area contributed by atoms with E-state index in [9.17, 15) is 4.79 Å². The lowest BCUT2D eigenvalue weighted by Crippen LogP contribution is -2.22. The number of nitrogen functional groups attached to an aromatic ring is 1. The first-order chi connectivity index (χ1) is 9.06. The first-order valence-corrected chi connectivity index (χ1v) is 6.22. The van der Waals surface area contributed by atoms with Crippen molar-refractivity contribution in [2.75, 3.05) is 12.3 Å². The van der Waals surface area contributed by atoms with Gasteiger partial charge in [0.25, 0.3) is 5.56 Å². The zero-order chi connectivity index (χ0) is 13.8. The summed E-state index contributed by atoms with van der Waals surface area (Å²) < 4.78 is 7.19. The van der Waals surface area contributed by atoms with Crippen LogP contribution in [0, 0.1) is 13.8 Å². The van der Waals surface area contributed by atoms with Gasteiger partial charge < -0.3 is 15.0 Å². The average molecular weight is 258 g/mol. The molecule has 2 aromatic rings. The van der Waals surface area contributed by atoms with Crippen LogP contribution in [0.2, 0.25) is 0 Å². The highest BCUT2D eigenvalue weighted by Crippen LogP contribution is 2.16. The Morgan fingerprint density at radius 3 is 2.68 bits per heavy atom. The van der Waals surface area contributed by atoms with E-state index in [2.05, 4.69) is 6.92 Å². The maximum Gasteiger partial charge on any atom is 0.250 e. The van der Waals surface area contributed by atoms with E-state index in [1.165, 1.54) is 17.2 Å². The third-order valence-corrected chi connectivity index (χ3v) is 3.09. The molecule has 0 fully saturated rings. The van der Waals surface area contributed by atoms with Gasteiger partial charge in [-0.3, -0.25) is 4.79 Å². The van der Waals surface area contributed by atoms with Crippen LogP contribution in [-0.2, 0) is 6.54 Å². The van der Waals surface area contributed by atoms with Crippen LogP contribution in [0.15, 0.2) is 41.3 Å². The molecule has 1 heterocycles. The molecule has 0 aliphatic carbocycles. The van der Waals surface area contributed by atoms with E-state index in [0.717, 1.165) is 5.75 Å². The number of hydrogen-bond donors (Lipinski definition) is 1. The molecule has 0 saturated heterocycles. The summed E-state index contributed by atoms with van der Waals surface area (Å²) in [4.78, 5) is 11.6. The molecule has 0 aliphatic rings. The molecule has 1 aromatic carbocycles. The summed E-state index contributed by atoms with van der Waals surface area (Å²) in [6.07, 6.45) is 1.63. The third-order valence-electron chi connectivity index (χ3n) is 3.09. The Morgan fingerprint density at radius 2 is 1.95 bits per heavy atom. The molecule has 0 radical (unpaired) electrons. The maximum atomic E-state index is 11.6. The van der Waals surface area contributed by atoms with Gasteiger partial charge in [0.05, 0.1) is 6.54 Å². The quantitative estimate of drug-likeness (QED) is 0.914. The predicted molar refractivity (Wildman–Crippen MR) is 76.5 cm³/mol. The Balaban J connectivity index is 1.98. The minimum atomic E-state index is -0.0714. The molecule has 0 amide bonds. The SMILES string of the molecule is Cc1ccc(OCCn2cc(N)ccc2=O)cc1C. The molecular formula is C15H18N2O2. The molecule has 100 valence electrons. The van der Waals surface area contributed by atoms with Crippen molar-refractivity contribution in [2.24, 2.45) is 0 Å². The minimum Gasteiger partial charge on any atom is -0.492 e. The van der Waals surface area contributed by atoms with Crippen molar-refractivity contribution >= 4 is 5.69 Å². The molecule has 4 nitrogen and oxygen atoms in total. The number of aryl methyl sites for hydroxylation is 2. The Bertz CT molecular complexity index is 632. The Labute approximate surface area is 112 Å². The molecule has 0 aliphatic heterocycles. The summed E-state index contributed by atoms with van der Waals surface area (Å²) in [6.45, 7) is 5.03. The van der Waals surface area contributed by atoms with Crippen molar-refractivity contribution in [2.45, 2.75) is 20.4 Å². The summed E-state index contributed by atoms with van der Waals surface area (Å²) in [7, 11) is 0. The molecule has 0 spiro atoms. The number of aromatic nitrogens is 1. The van der Waals surface area contributed by atoms with E-state index in [-0.39, 0.29) is 5.56 Å². The second-order valence-electron chi connectivity index (χ2n) is 4.59. The molecule has 2 N–H and O–H groups in total. The summed E-state index contributed by atoms with van der Waals surface area (Å²) in [5.74, 6) is 0.819. The molecule has 0 unspecified atom stereocenters. The minimum absolute atomic E-state index is 0.0714. The van der Waals surface area contributed by atoms with Crippen molar-refractivity contribution in [3.8, 4) is 5.75 Å². The van der Waals surface area contributed by atoms with Gasteiger partial charge in [-0.25, -0.2) is 0 Å². The van der Waals surface area contributed by atoms with Crippen LogP contribution in [0.5, 0.6) is 5.75 Å². The van der Waals surface area contributed by atoms with Crippen LogP contribution in [0.25, 0.3) is 0 Å². The van der Waals surface area contributed by atoms with Crippen LogP contribution in [0.4, 0.5) is 5.69 Å². The van der Waals surface area contributed by atoms with Crippen LogP contribution in [0.1, 0.15) is 11.1 Å². The van der Waals surface area contributed by atoms with Gasteiger partial charge in [0.2, 0.25) is 0 Å². The fraction of sp³-hybridized carbons (Fsp3) is 0.267. The van der Waals surface area contributed by atoms with Crippen LogP contribution in [0.3, 0.4) is 0 Å². The number of rotatable bonds is 4. The highest BCUT2D eigenvalue weighted by Gasteiger charge is 1.99. The average Bonchev–Trinajstić information content (AvgIpc) is 2.38. The highest BCUT2D eigenvalue weighted by molar-refractivity contribution is 5.34. The number of anilines is 1. The van der Waals surface area contributed by atoms with E-state index in [1.807, 2.05) is 25.1 Å². The molecule has 4 heteroatoms. The van der Waals surface area contributed by atoms with Gasteiger partial charge in [0.15, 0.2) is 0 Å². The van der Waals surface area contributed by atoms with Crippen LogP contribution in [-0.4, -0.2) is 11.2 Å². The smallest absolute Gasteiger partial charge is 0.250 e. The molecule has 2 rings (SSSR count). The van der Waals surface area contributed by atoms with Gasteiger partial charge >= 0.3 is 0 Å². The standard InChI is InChI=1S/C15H18N2O2/c1-11-3-5-14(9-12(11)2)19-8-7-17-10-13(16)4-6-15(17)18/h3-6,9-10H,7-8,16H2,1-2H3. The van der Waals surface area contributed by atoms with Crippen LogP contribution >= 0.6 is 0 Å². The summed E-state index contributed by atoms with van der Waals surface area (Å²) in [5, 5.41) is 0. The molecular weight excluding hydrogens is 240 g/mol. The molecule has 19 heavy (non-hydrogen) atoms. The Morgan fingerprint density at radius 1 is 1.16 bits per heavy atom. The van der Waals surface area contributed by atoms with E-state index < -0.39 is 0 Å². The topological polar surface area (TPSA) is 57.2 Å². The first kappa shape index (κ1) is 13.2. The van der Waals surface area contributed by atoms with Gasteiger partial charge in [-0.2, -0.15) is 0 Å². The Hall–Kier alpha value is -2.23. The lowest BCUT2D eigenvalue weighted by molar-refractivity contribution is 0.296. The monoisotopic (exact) mass is 258 g/mol. The fourth-order valence-corrected chi connectivity index (χ4v) is 1.79. The second kappa shape index (κ2) is 5.61. The largest absolute Gasteiger partial charge is 0.492 e. The van der Waals surface area contributed by atoms with Gasteiger partial charge in [-0.1, -0.05) is 6.07 Å². The molecule has 0 bridgehead atoms. The zero-order valence-corrected chi connectivity index (χ0v) is 11.2. The third kappa shape index (κ3) is 3.37. The number of pyridine rings is 1. The van der Waals surface area contributed by atoms with E-state index in [0.29, 0.717) is 18.8 Å². The van der Waals surface area contributed by atoms with Crippen molar-refractivity contribution in [3.05, 3.63) is 58.0 Å². The van der Waals surface area contributed by atoms with Gasteiger partial charge in [0, 0.05) is 18.0 Å². The first-order valence-electron chi connectivity index (χ1n) is 6.22. The van der Waals surface area contributed by atoms with E-state index >= 15 is 0 Å². The normalized spacial score (nSPS) is 10.4. The second-order valence-corrected chi connectivity index (χ2v) is 4.59. The fourth-order valence-electron chi connectivity index (χ4n) is 1.79. The molecule has 0 atom stereocenters. The lowest BCUT2D eigenvalue weighted by Gasteiger charge is -2.10. The predicted octanol–water partition coefficient (Wildman–Crippen LogP) is 2.13. The summed E-state index contributed by atoms with van der Waals surface area (Å²) in [5.41, 5.74) is 8.58. The van der Waals surface area contributed by atoms with Crippen molar-refractivity contribution in [1.29, 1.82) is 0 Å². The summed E-state index contributed by atoms with van der Waals surface area (Å²) >= 11 is 0.